The summed E-state index contributed by atoms with van der Waals surface area (Å²) in [7, 11) is 3.07. The summed E-state index contributed by atoms with van der Waals surface area (Å²) in [5.41, 5.74) is 6.36. The number of likely N-dealkylation sites (N-methyl/N-ethyl adjacent to an activating group) is 1. The maximum Gasteiger partial charge on any atom is 0.191 e. The highest BCUT2D eigenvalue weighted by Crippen LogP contribution is 2.56. The molecule has 2 N–H and O–H groups in total. The van der Waals surface area contributed by atoms with Gasteiger partial charge in [-0.25, -0.2) is 0 Å². The number of ether oxygens (including phenoxy) is 2. The Labute approximate surface area is 170 Å². The van der Waals surface area contributed by atoms with Crippen molar-refractivity contribution < 1.29 is 9.47 Å². The lowest BCUT2D eigenvalue weighted by Gasteiger charge is -2.45. The third-order valence-corrected chi connectivity index (χ3v) is 5.96. The lowest BCUT2D eigenvalue weighted by molar-refractivity contribution is 0.211. The molecule has 0 radical (unpaired) electrons. The van der Waals surface area contributed by atoms with Crippen LogP contribution in [0.1, 0.15) is 18.4 Å². The molecule has 1 aromatic carbocycles. The van der Waals surface area contributed by atoms with Crippen LogP contribution >= 0.6 is 0 Å². The Hall–Kier alpha value is -3.47. The van der Waals surface area contributed by atoms with Crippen LogP contribution in [0.5, 0.6) is 11.5 Å². The number of hydrogen-bond donors (Lipinski definition) is 1. The van der Waals surface area contributed by atoms with Gasteiger partial charge in [-0.3, -0.25) is 4.90 Å². The first kappa shape index (κ1) is 20.3. The molecule has 0 saturated carbocycles. The molecule has 29 heavy (non-hydrogen) atoms. The Bertz CT molecular complexity index is 991. The zero-order valence-corrected chi connectivity index (χ0v) is 16.8. The lowest BCUT2D eigenvalue weighted by atomic mass is 9.58. The predicted octanol–water partition coefficient (Wildman–Crippen LogP) is 2.45. The molecule has 0 spiro atoms. The topological polar surface area (TPSA) is 119 Å². The maximum absolute atomic E-state index is 10.2. The second kappa shape index (κ2) is 7.87. The minimum atomic E-state index is -1.69. The molecular weight excluding hydrogens is 366 g/mol. The van der Waals surface area contributed by atoms with Crippen molar-refractivity contribution in [2.45, 2.75) is 12.8 Å². The summed E-state index contributed by atoms with van der Waals surface area (Å²) in [6.45, 7) is 4.17. The average Bonchev–Trinajstić information content (AvgIpc) is 2.77. The van der Waals surface area contributed by atoms with E-state index in [-0.39, 0.29) is 17.2 Å². The van der Waals surface area contributed by atoms with Gasteiger partial charge in [0.1, 0.15) is 6.07 Å². The highest BCUT2D eigenvalue weighted by molar-refractivity contribution is 5.62. The van der Waals surface area contributed by atoms with Crippen LogP contribution in [-0.4, -0.2) is 38.8 Å². The fourth-order valence-electron chi connectivity index (χ4n) is 4.50. The van der Waals surface area contributed by atoms with E-state index in [1.54, 1.807) is 12.1 Å². The van der Waals surface area contributed by atoms with Gasteiger partial charge in [-0.1, -0.05) is 25.1 Å². The highest BCUT2D eigenvalue weighted by Gasteiger charge is 2.55. The number of benzene rings is 1. The number of rotatable bonds is 4. The van der Waals surface area contributed by atoms with Crippen LogP contribution < -0.4 is 15.2 Å². The van der Waals surface area contributed by atoms with Crippen molar-refractivity contribution >= 4 is 0 Å². The van der Waals surface area contributed by atoms with Crippen LogP contribution in [0.4, 0.5) is 0 Å². The second-order valence-electron chi connectivity index (χ2n) is 7.11. The first-order valence-corrected chi connectivity index (χ1v) is 9.39. The van der Waals surface area contributed by atoms with Gasteiger partial charge in [0.05, 0.1) is 37.6 Å². The zero-order chi connectivity index (χ0) is 21.2. The van der Waals surface area contributed by atoms with Crippen molar-refractivity contribution in [3.63, 3.8) is 0 Å². The second-order valence-corrected chi connectivity index (χ2v) is 7.11. The van der Waals surface area contributed by atoms with E-state index < -0.39 is 11.3 Å². The van der Waals surface area contributed by atoms with Crippen LogP contribution in [-0.2, 0) is 0 Å². The smallest absolute Gasteiger partial charge is 0.191 e. The van der Waals surface area contributed by atoms with Crippen LogP contribution in [0.3, 0.4) is 0 Å². The summed E-state index contributed by atoms with van der Waals surface area (Å²) >= 11 is 0. The number of methoxy groups -OCH3 is 2. The van der Waals surface area contributed by atoms with Gasteiger partial charge >= 0.3 is 0 Å². The van der Waals surface area contributed by atoms with E-state index >= 15 is 0 Å². The fraction of sp³-hybridized carbons (Fsp3) is 0.409. The Kier molecular flexibility index (Phi) is 5.50. The number of nitrogens with two attached hydrogens (primary N) is 1. The molecule has 0 unspecified atom stereocenters. The van der Waals surface area contributed by atoms with Gasteiger partial charge in [0.15, 0.2) is 16.9 Å². The normalized spacial score (nSPS) is 23.1. The molecular formula is C22H23N5O2. The molecule has 1 aromatic rings. The summed E-state index contributed by atoms with van der Waals surface area (Å²) < 4.78 is 11.1. The monoisotopic (exact) mass is 389 g/mol. The maximum atomic E-state index is 10.2. The fourth-order valence-corrected chi connectivity index (χ4v) is 4.50. The minimum absolute atomic E-state index is 0.00678. The van der Waals surface area contributed by atoms with Crippen molar-refractivity contribution in [2.75, 3.05) is 33.9 Å². The first-order chi connectivity index (χ1) is 14.0. The van der Waals surface area contributed by atoms with Gasteiger partial charge < -0.3 is 15.2 Å². The highest BCUT2D eigenvalue weighted by atomic mass is 16.5. The summed E-state index contributed by atoms with van der Waals surface area (Å²) in [5.74, 6) is 0.111. The summed E-state index contributed by atoms with van der Waals surface area (Å²) in [6, 6.07) is 11.8. The Morgan fingerprint density at radius 3 is 2.48 bits per heavy atom. The third-order valence-electron chi connectivity index (χ3n) is 5.96. The quantitative estimate of drug-likeness (QED) is 0.840. The Morgan fingerprint density at radius 1 is 1.21 bits per heavy atom. The molecule has 148 valence electrons. The number of allylic oxidation sites excluding steroid dienone is 2. The summed E-state index contributed by atoms with van der Waals surface area (Å²) in [4.78, 5) is 2.21. The first-order valence-electron chi connectivity index (χ1n) is 9.39. The average molecular weight is 389 g/mol. The van der Waals surface area contributed by atoms with E-state index in [1.165, 1.54) is 14.2 Å². The van der Waals surface area contributed by atoms with E-state index in [0.29, 0.717) is 30.2 Å². The van der Waals surface area contributed by atoms with Crippen LogP contribution in [0.2, 0.25) is 0 Å². The largest absolute Gasteiger partial charge is 0.493 e. The van der Waals surface area contributed by atoms with Gasteiger partial charge in [-0.2, -0.15) is 15.8 Å². The van der Waals surface area contributed by atoms with E-state index in [0.717, 1.165) is 12.1 Å². The molecule has 1 aliphatic carbocycles. The van der Waals surface area contributed by atoms with Gasteiger partial charge in [-0.05, 0) is 18.2 Å². The number of nitrogens with zero attached hydrogens (tertiary/aromatic N) is 4. The number of fused-ring (bicyclic) bond motifs is 1. The molecule has 7 nitrogen and oxygen atoms in total. The molecule has 0 saturated heterocycles. The van der Waals surface area contributed by atoms with Gasteiger partial charge in [0.25, 0.3) is 0 Å². The molecule has 0 aromatic heterocycles. The predicted molar refractivity (Wildman–Crippen MR) is 106 cm³/mol. The molecule has 0 amide bonds. The summed E-state index contributed by atoms with van der Waals surface area (Å²) in [5, 5.41) is 30.1. The number of nitriles is 3. The minimum Gasteiger partial charge on any atom is -0.493 e. The van der Waals surface area contributed by atoms with E-state index in [1.807, 2.05) is 12.1 Å². The van der Waals surface area contributed by atoms with Crippen molar-refractivity contribution in [1.29, 1.82) is 15.8 Å². The Morgan fingerprint density at radius 2 is 1.93 bits per heavy atom. The zero-order valence-electron chi connectivity index (χ0n) is 16.8. The number of para-hydroxylation sites is 1. The van der Waals surface area contributed by atoms with Crippen LogP contribution in [0.25, 0.3) is 0 Å². The van der Waals surface area contributed by atoms with Crippen molar-refractivity contribution in [1.82, 2.24) is 4.90 Å². The van der Waals surface area contributed by atoms with E-state index in [9.17, 15) is 15.8 Å². The number of hydrogen-bond acceptors (Lipinski definition) is 7. The van der Waals surface area contributed by atoms with Crippen molar-refractivity contribution in [3.05, 3.63) is 46.7 Å². The molecule has 1 heterocycles. The standard InChI is InChI=1S/C22H23N5O2/c1-4-27-9-8-14-16(10-23)21(26)22(12-24,13-25)19(17(14)11-27)15-6-5-7-18(28-2)20(15)29-3/h5-8,17,19H,4,9,11,26H2,1-3H3/t17-,19+/m1/s1. The summed E-state index contributed by atoms with van der Waals surface area (Å²) in [6.07, 6.45) is 1.99. The van der Waals surface area contributed by atoms with Gasteiger partial charge in [-0.15, -0.1) is 0 Å². The molecule has 0 bridgehead atoms. The Balaban J connectivity index is 2.38. The van der Waals surface area contributed by atoms with E-state index in [4.69, 9.17) is 15.2 Å². The molecule has 0 fully saturated rings. The van der Waals surface area contributed by atoms with E-state index in [2.05, 4.69) is 30.0 Å². The van der Waals surface area contributed by atoms with Gasteiger partial charge in [0, 0.05) is 30.5 Å². The third kappa shape index (κ3) is 2.90. The molecule has 1 aliphatic heterocycles. The molecule has 2 atom stereocenters. The molecule has 7 heteroatoms. The van der Waals surface area contributed by atoms with Gasteiger partial charge in [0.2, 0.25) is 0 Å². The SMILES string of the molecule is CCN1CC=C2C(C#N)=C(N)C(C#N)(C#N)[C@@H](c3cccc(OC)c3OC)[C@@H]2C1. The van der Waals surface area contributed by atoms with Crippen molar-refractivity contribution in [2.24, 2.45) is 17.1 Å². The van der Waals surface area contributed by atoms with Crippen molar-refractivity contribution in [3.8, 4) is 29.7 Å². The lowest BCUT2D eigenvalue weighted by Crippen LogP contribution is -2.48. The van der Waals surface area contributed by atoms with Crippen LogP contribution in [0.15, 0.2) is 41.1 Å². The molecule has 3 rings (SSSR count). The molecule has 2 aliphatic rings. The van der Waals surface area contributed by atoms with Crippen LogP contribution in [0, 0.1) is 45.3 Å².